The van der Waals surface area contributed by atoms with E-state index in [1.165, 1.54) is 75.7 Å². The second kappa shape index (κ2) is 14.0. The average molecular weight is 338 g/mol. The molecule has 1 fully saturated rings. The first-order valence-electron chi connectivity index (χ1n) is 9.94. The fraction of sp³-hybridized carbons (Fsp3) is 0.810. The highest BCUT2D eigenvalue weighted by atomic mass is 32.2. The lowest BCUT2D eigenvalue weighted by Crippen LogP contribution is -2.30. The van der Waals surface area contributed by atoms with E-state index in [2.05, 4.69) is 55.4 Å². The van der Waals surface area contributed by atoms with E-state index in [4.69, 9.17) is 0 Å². The molecule has 23 heavy (non-hydrogen) atoms. The SMILES string of the molecule is C=CN(CCSCCCC)C(/C=C/CCC1CCCC1)CCC. The Hall–Kier alpha value is -0.370. The van der Waals surface area contributed by atoms with Gasteiger partial charge in [-0.15, -0.1) is 0 Å². The van der Waals surface area contributed by atoms with Crippen LogP contribution >= 0.6 is 11.8 Å². The molecule has 0 heterocycles. The number of nitrogens with zero attached hydrogens (tertiary/aromatic N) is 1. The molecule has 0 amide bonds. The van der Waals surface area contributed by atoms with E-state index in [0.717, 1.165) is 12.5 Å². The summed E-state index contributed by atoms with van der Waals surface area (Å²) in [6.45, 7) is 9.74. The molecule has 0 aromatic rings. The fourth-order valence-electron chi connectivity index (χ4n) is 3.46. The molecule has 1 atom stereocenters. The number of allylic oxidation sites excluding steroid dienone is 1. The van der Waals surface area contributed by atoms with Crippen LogP contribution in [-0.4, -0.2) is 29.0 Å². The maximum Gasteiger partial charge on any atom is 0.0467 e. The van der Waals surface area contributed by atoms with Crippen LogP contribution in [0.2, 0.25) is 0 Å². The summed E-state index contributed by atoms with van der Waals surface area (Å²) in [5, 5.41) is 0. The molecule has 1 aliphatic rings. The van der Waals surface area contributed by atoms with Gasteiger partial charge in [-0.3, -0.25) is 0 Å². The van der Waals surface area contributed by atoms with Crippen LogP contribution in [0.15, 0.2) is 24.9 Å². The highest BCUT2D eigenvalue weighted by Gasteiger charge is 2.14. The quantitative estimate of drug-likeness (QED) is 0.257. The fourth-order valence-corrected chi connectivity index (χ4v) is 4.50. The first-order chi connectivity index (χ1) is 11.3. The predicted molar refractivity (Wildman–Crippen MR) is 108 cm³/mol. The number of unbranched alkanes of at least 4 members (excludes halogenated alkanes) is 1. The average Bonchev–Trinajstić information content (AvgIpc) is 3.07. The predicted octanol–water partition coefficient (Wildman–Crippen LogP) is 6.66. The number of thioether (sulfide) groups is 1. The summed E-state index contributed by atoms with van der Waals surface area (Å²) in [6, 6.07) is 0.549. The standard InChI is InChI=1S/C21H39NS/c1-4-7-18-23-19-17-22(6-3)21(12-5-2)16-11-10-15-20-13-8-9-14-20/h6,11,16,20-21H,3-5,7-10,12-15,17-19H2,1-2H3/b16-11+. The molecule has 0 aromatic heterocycles. The van der Waals surface area contributed by atoms with E-state index < -0.39 is 0 Å². The molecular weight excluding hydrogens is 298 g/mol. The van der Waals surface area contributed by atoms with Crippen molar-refractivity contribution in [3.05, 3.63) is 24.9 Å². The van der Waals surface area contributed by atoms with Gasteiger partial charge in [0.25, 0.3) is 0 Å². The van der Waals surface area contributed by atoms with Crippen molar-refractivity contribution in [2.75, 3.05) is 18.1 Å². The molecule has 1 saturated carbocycles. The Morgan fingerprint density at radius 3 is 2.61 bits per heavy atom. The third kappa shape index (κ3) is 9.49. The van der Waals surface area contributed by atoms with Gasteiger partial charge in [0.05, 0.1) is 0 Å². The summed E-state index contributed by atoms with van der Waals surface area (Å²) in [4.78, 5) is 2.45. The summed E-state index contributed by atoms with van der Waals surface area (Å²) < 4.78 is 0. The number of hydrogen-bond acceptors (Lipinski definition) is 2. The molecule has 134 valence electrons. The minimum Gasteiger partial charge on any atom is -0.371 e. The van der Waals surface area contributed by atoms with Crippen LogP contribution in [0.5, 0.6) is 0 Å². The van der Waals surface area contributed by atoms with Gasteiger partial charge in [0, 0.05) is 18.3 Å². The Morgan fingerprint density at radius 2 is 1.96 bits per heavy atom. The van der Waals surface area contributed by atoms with E-state index in [1.54, 1.807) is 0 Å². The number of hydrogen-bond donors (Lipinski definition) is 0. The minimum absolute atomic E-state index is 0.549. The molecule has 1 nitrogen and oxygen atoms in total. The lowest BCUT2D eigenvalue weighted by molar-refractivity contribution is 0.321. The summed E-state index contributed by atoms with van der Waals surface area (Å²) in [5.41, 5.74) is 0. The smallest absolute Gasteiger partial charge is 0.0467 e. The van der Waals surface area contributed by atoms with Crippen LogP contribution in [0.4, 0.5) is 0 Å². The maximum absolute atomic E-state index is 4.05. The molecule has 0 radical (unpaired) electrons. The van der Waals surface area contributed by atoms with E-state index in [-0.39, 0.29) is 0 Å². The zero-order valence-corrected chi connectivity index (χ0v) is 16.5. The Morgan fingerprint density at radius 1 is 1.17 bits per heavy atom. The van der Waals surface area contributed by atoms with E-state index in [0.29, 0.717) is 6.04 Å². The van der Waals surface area contributed by atoms with Gasteiger partial charge in [0.2, 0.25) is 0 Å². The van der Waals surface area contributed by atoms with Crippen LogP contribution in [0.1, 0.15) is 78.1 Å². The Bertz CT molecular complexity index is 307. The summed E-state index contributed by atoms with van der Waals surface area (Å²) in [6.07, 6.45) is 20.6. The van der Waals surface area contributed by atoms with Crippen LogP contribution in [0.3, 0.4) is 0 Å². The van der Waals surface area contributed by atoms with Crippen LogP contribution in [0, 0.1) is 5.92 Å². The van der Waals surface area contributed by atoms with Gasteiger partial charge in [-0.2, -0.15) is 11.8 Å². The minimum atomic E-state index is 0.549. The van der Waals surface area contributed by atoms with E-state index in [9.17, 15) is 0 Å². The van der Waals surface area contributed by atoms with Crippen molar-refractivity contribution in [2.45, 2.75) is 84.1 Å². The third-order valence-corrected chi connectivity index (χ3v) is 6.00. The molecule has 0 saturated heterocycles. The summed E-state index contributed by atoms with van der Waals surface area (Å²) in [5.74, 6) is 3.54. The second-order valence-corrected chi connectivity index (χ2v) is 8.12. The molecule has 1 rings (SSSR count). The zero-order valence-electron chi connectivity index (χ0n) is 15.6. The Kier molecular flexibility index (Phi) is 12.6. The largest absolute Gasteiger partial charge is 0.371 e. The van der Waals surface area contributed by atoms with Gasteiger partial charge in [-0.05, 0) is 43.6 Å². The van der Waals surface area contributed by atoms with Crippen molar-refractivity contribution < 1.29 is 0 Å². The number of rotatable bonds is 14. The van der Waals surface area contributed by atoms with Crippen molar-refractivity contribution in [1.29, 1.82) is 0 Å². The van der Waals surface area contributed by atoms with Gasteiger partial charge < -0.3 is 4.90 Å². The molecule has 0 spiro atoms. The summed E-state index contributed by atoms with van der Waals surface area (Å²) in [7, 11) is 0. The van der Waals surface area contributed by atoms with Crippen molar-refractivity contribution in [3.63, 3.8) is 0 Å². The molecule has 0 bridgehead atoms. The zero-order chi connectivity index (χ0) is 16.8. The lowest BCUT2D eigenvalue weighted by atomic mass is 10.0. The molecule has 0 aromatic carbocycles. The normalized spacial score (nSPS) is 17.0. The van der Waals surface area contributed by atoms with Crippen molar-refractivity contribution in [3.8, 4) is 0 Å². The first-order valence-corrected chi connectivity index (χ1v) is 11.1. The molecule has 0 aliphatic heterocycles. The van der Waals surface area contributed by atoms with Gasteiger partial charge in [-0.25, -0.2) is 0 Å². The molecule has 1 aliphatic carbocycles. The molecule has 2 heteroatoms. The third-order valence-electron chi connectivity index (χ3n) is 4.96. The first kappa shape index (κ1) is 20.7. The monoisotopic (exact) mass is 337 g/mol. The van der Waals surface area contributed by atoms with Gasteiger partial charge in [0.15, 0.2) is 0 Å². The second-order valence-electron chi connectivity index (χ2n) is 6.90. The van der Waals surface area contributed by atoms with Gasteiger partial charge >= 0.3 is 0 Å². The summed E-state index contributed by atoms with van der Waals surface area (Å²) >= 11 is 2.09. The van der Waals surface area contributed by atoms with E-state index >= 15 is 0 Å². The molecular formula is C21H39NS. The lowest BCUT2D eigenvalue weighted by Gasteiger charge is -2.28. The molecule has 1 unspecified atom stereocenters. The van der Waals surface area contributed by atoms with Crippen LogP contribution in [0.25, 0.3) is 0 Å². The van der Waals surface area contributed by atoms with Crippen molar-refractivity contribution in [1.82, 2.24) is 4.90 Å². The highest BCUT2D eigenvalue weighted by Crippen LogP contribution is 2.28. The maximum atomic E-state index is 4.05. The van der Waals surface area contributed by atoms with Gasteiger partial charge in [-0.1, -0.05) is 71.1 Å². The topological polar surface area (TPSA) is 3.24 Å². The van der Waals surface area contributed by atoms with Crippen LogP contribution in [-0.2, 0) is 0 Å². The highest BCUT2D eigenvalue weighted by molar-refractivity contribution is 7.99. The van der Waals surface area contributed by atoms with Crippen molar-refractivity contribution in [2.24, 2.45) is 5.92 Å². The van der Waals surface area contributed by atoms with E-state index in [1.807, 2.05) is 0 Å². The Labute approximate surface area is 150 Å². The Balaban J connectivity index is 2.31. The van der Waals surface area contributed by atoms with Gasteiger partial charge in [0.1, 0.15) is 0 Å². The van der Waals surface area contributed by atoms with Crippen LogP contribution < -0.4 is 0 Å². The van der Waals surface area contributed by atoms with Crippen molar-refractivity contribution >= 4 is 11.8 Å². The molecule has 0 N–H and O–H groups in total.